The number of nitrogens with zero attached hydrogens (tertiary/aromatic N) is 2. The predicted molar refractivity (Wildman–Crippen MR) is 212 cm³/mol. The molecule has 0 spiro atoms. The van der Waals surface area contributed by atoms with Crippen molar-refractivity contribution < 1.29 is 10.2 Å². The molecular weight excluding hydrogens is 613 g/mol. The lowest BCUT2D eigenvalue weighted by Gasteiger charge is -2.32. The van der Waals surface area contributed by atoms with Crippen LogP contribution in [-0.2, 0) is 47.8 Å². The molecule has 0 unspecified atom stereocenters. The molecule has 4 aromatic rings. The van der Waals surface area contributed by atoms with Gasteiger partial charge in [0.15, 0.2) is 0 Å². The quantitative estimate of drug-likeness (QED) is 0.166. The zero-order valence-corrected chi connectivity index (χ0v) is 33.1. The maximum Gasteiger partial charge on any atom is 0.123 e. The summed E-state index contributed by atoms with van der Waals surface area (Å²) in [5.74, 6) is 0.812. The van der Waals surface area contributed by atoms with Gasteiger partial charge in [0.25, 0.3) is 0 Å². The molecule has 0 aliphatic heterocycles. The van der Waals surface area contributed by atoms with E-state index in [-0.39, 0.29) is 21.7 Å². The van der Waals surface area contributed by atoms with Crippen LogP contribution in [0.25, 0.3) is 0 Å². The summed E-state index contributed by atoms with van der Waals surface area (Å²) >= 11 is 0. The topological polar surface area (TPSA) is 46.9 Å². The fourth-order valence-corrected chi connectivity index (χ4v) is 6.52. The van der Waals surface area contributed by atoms with E-state index in [1.807, 2.05) is 0 Å². The maximum atomic E-state index is 11.7. The van der Waals surface area contributed by atoms with Gasteiger partial charge in [0, 0.05) is 50.4 Å². The van der Waals surface area contributed by atoms with Gasteiger partial charge < -0.3 is 10.2 Å². The highest BCUT2D eigenvalue weighted by Crippen LogP contribution is 2.40. The van der Waals surface area contributed by atoms with Crippen molar-refractivity contribution in [3.63, 3.8) is 0 Å². The number of benzene rings is 4. The molecule has 0 aliphatic carbocycles. The first kappa shape index (κ1) is 39.2. The normalized spacial score (nSPS) is 13.0. The molecule has 0 radical (unpaired) electrons. The molecule has 0 saturated carbocycles. The zero-order valence-electron chi connectivity index (χ0n) is 33.1. The van der Waals surface area contributed by atoms with E-state index in [2.05, 4.69) is 178 Å². The van der Waals surface area contributed by atoms with Crippen LogP contribution in [0.2, 0.25) is 0 Å². The van der Waals surface area contributed by atoms with Gasteiger partial charge in [-0.1, -0.05) is 168 Å². The Morgan fingerprint density at radius 1 is 0.420 bits per heavy atom. The lowest BCUT2D eigenvalue weighted by atomic mass is 9.79. The lowest BCUT2D eigenvalue weighted by Crippen LogP contribution is -2.34. The first-order valence-corrected chi connectivity index (χ1v) is 18.4. The first-order valence-electron chi connectivity index (χ1n) is 18.4. The summed E-state index contributed by atoms with van der Waals surface area (Å²) in [5, 5.41) is 23.5. The van der Waals surface area contributed by atoms with Crippen LogP contribution in [0.4, 0.5) is 0 Å². The highest BCUT2D eigenvalue weighted by atomic mass is 16.3. The Hall–Kier alpha value is -3.60. The van der Waals surface area contributed by atoms with Crippen molar-refractivity contribution in [3.05, 3.63) is 129 Å². The lowest BCUT2D eigenvalue weighted by molar-refractivity contribution is 0.180. The molecule has 4 aromatic carbocycles. The van der Waals surface area contributed by atoms with Gasteiger partial charge in [-0.05, 0) is 55.0 Å². The third kappa shape index (κ3) is 10.5. The van der Waals surface area contributed by atoms with Crippen molar-refractivity contribution in [1.82, 2.24) is 9.80 Å². The number of phenols is 2. The first-order chi connectivity index (χ1) is 23.1. The minimum absolute atomic E-state index is 0.0469. The van der Waals surface area contributed by atoms with Gasteiger partial charge >= 0.3 is 0 Å². The van der Waals surface area contributed by atoms with E-state index in [1.165, 1.54) is 22.3 Å². The summed E-state index contributed by atoms with van der Waals surface area (Å²) < 4.78 is 0. The smallest absolute Gasteiger partial charge is 0.123 e. The van der Waals surface area contributed by atoms with E-state index in [1.54, 1.807) is 0 Å². The molecule has 2 N–H and O–H groups in total. The molecule has 50 heavy (non-hydrogen) atoms. The predicted octanol–water partition coefficient (Wildman–Crippen LogP) is 11.0. The summed E-state index contributed by atoms with van der Waals surface area (Å²) in [7, 11) is 0. The molecule has 0 saturated heterocycles. The number of hydrogen-bond donors (Lipinski definition) is 2. The Kier molecular flexibility index (Phi) is 12.0. The molecule has 0 aliphatic rings. The molecule has 4 nitrogen and oxygen atoms in total. The largest absolute Gasteiger partial charge is 0.507 e. The van der Waals surface area contributed by atoms with Crippen LogP contribution in [0.1, 0.15) is 128 Å². The van der Waals surface area contributed by atoms with E-state index < -0.39 is 0 Å². The number of hydrogen-bond acceptors (Lipinski definition) is 4. The second kappa shape index (κ2) is 15.3. The Bertz CT molecular complexity index is 1570. The standard InChI is InChI=1S/C46H64N2O2/c1-43(2,3)37-25-35(41(49)39(27-37)45(7,8)9)31-47(29-33-19-15-13-16-20-33)23-24-48(30-34-21-17-14-18-22-34)32-36-26-38(44(4,5)6)28-40(42(36)50)46(10,11)12/h13-22,25-28,49-50H,23-24,29-32H2,1-12H3. The van der Waals surface area contributed by atoms with Crippen molar-refractivity contribution in [2.45, 2.75) is 131 Å². The molecule has 4 heteroatoms. The highest BCUT2D eigenvalue weighted by molar-refractivity contribution is 5.50. The van der Waals surface area contributed by atoms with E-state index in [9.17, 15) is 10.2 Å². The Morgan fingerprint density at radius 3 is 1.02 bits per heavy atom. The maximum absolute atomic E-state index is 11.7. The van der Waals surface area contributed by atoms with Crippen LogP contribution in [0, 0.1) is 0 Å². The van der Waals surface area contributed by atoms with Crippen molar-refractivity contribution >= 4 is 0 Å². The fraction of sp³-hybridized carbons (Fsp3) is 0.478. The van der Waals surface area contributed by atoms with Gasteiger partial charge in [-0.15, -0.1) is 0 Å². The molecule has 0 aromatic heterocycles. The molecule has 270 valence electrons. The summed E-state index contributed by atoms with van der Waals surface area (Å²) in [6, 6.07) is 30.1. The third-order valence-corrected chi connectivity index (χ3v) is 9.74. The summed E-state index contributed by atoms with van der Waals surface area (Å²) in [4.78, 5) is 4.93. The van der Waals surface area contributed by atoms with Gasteiger partial charge in [0.1, 0.15) is 11.5 Å². The Labute approximate surface area is 304 Å². The van der Waals surface area contributed by atoms with Crippen LogP contribution >= 0.6 is 0 Å². The van der Waals surface area contributed by atoms with Crippen LogP contribution < -0.4 is 0 Å². The van der Waals surface area contributed by atoms with Gasteiger partial charge in [-0.25, -0.2) is 0 Å². The minimum atomic E-state index is -0.188. The van der Waals surface area contributed by atoms with E-state index in [0.29, 0.717) is 24.6 Å². The van der Waals surface area contributed by atoms with Crippen molar-refractivity contribution in [2.24, 2.45) is 0 Å². The van der Waals surface area contributed by atoms with Crippen molar-refractivity contribution in [2.75, 3.05) is 13.1 Å². The molecule has 0 atom stereocenters. The molecular formula is C46H64N2O2. The van der Waals surface area contributed by atoms with E-state index in [4.69, 9.17) is 0 Å². The zero-order chi connectivity index (χ0) is 37.1. The number of aromatic hydroxyl groups is 2. The van der Waals surface area contributed by atoms with Gasteiger partial charge in [0.2, 0.25) is 0 Å². The summed E-state index contributed by atoms with van der Waals surface area (Å²) in [6.45, 7) is 30.9. The van der Waals surface area contributed by atoms with Crippen LogP contribution in [0.3, 0.4) is 0 Å². The Morgan fingerprint density at radius 2 is 0.740 bits per heavy atom. The number of rotatable bonds is 11. The Balaban J connectivity index is 1.74. The van der Waals surface area contributed by atoms with Gasteiger partial charge in [-0.2, -0.15) is 0 Å². The number of phenolic OH excluding ortho intramolecular Hbond substituents is 2. The second-order valence-corrected chi connectivity index (χ2v) is 18.5. The van der Waals surface area contributed by atoms with Crippen LogP contribution in [0.15, 0.2) is 84.9 Å². The average Bonchev–Trinajstić information content (AvgIpc) is 3.00. The minimum Gasteiger partial charge on any atom is -0.507 e. The summed E-state index contributed by atoms with van der Waals surface area (Å²) in [5.41, 5.74) is 8.43. The fourth-order valence-electron chi connectivity index (χ4n) is 6.52. The van der Waals surface area contributed by atoms with E-state index in [0.717, 1.165) is 48.4 Å². The summed E-state index contributed by atoms with van der Waals surface area (Å²) in [6.07, 6.45) is 0. The molecule has 4 rings (SSSR count). The van der Waals surface area contributed by atoms with Crippen molar-refractivity contribution in [3.8, 4) is 11.5 Å². The van der Waals surface area contributed by atoms with Gasteiger partial charge in [-0.3, -0.25) is 9.80 Å². The van der Waals surface area contributed by atoms with Crippen molar-refractivity contribution in [1.29, 1.82) is 0 Å². The monoisotopic (exact) mass is 676 g/mol. The van der Waals surface area contributed by atoms with Gasteiger partial charge in [0.05, 0.1) is 0 Å². The molecule has 0 amide bonds. The third-order valence-electron chi connectivity index (χ3n) is 9.74. The van der Waals surface area contributed by atoms with Crippen LogP contribution in [0.5, 0.6) is 11.5 Å². The second-order valence-electron chi connectivity index (χ2n) is 18.5. The molecule has 0 fully saturated rings. The average molecular weight is 677 g/mol. The highest BCUT2D eigenvalue weighted by Gasteiger charge is 2.28. The molecule has 0 bridgehead atoms. The van der Waals surface area contributed by atoms with E-state index >= 15 is 0 Å². The molecule has 0 heterocycles. The van der Waals surface area contributed by atoms with Crippen LogP contribution in [-0.4, -0.2) is 33.1 Å². The SMILES string of the molecule is CC(C)(C)c1cc(CN(CCN(Cc2ccccc2)Cc2cc(C(C)(C)C)cc(C(C)(C)C)c2O)Cc2ccccc2)c(O)c(C(C)(C)C)c1.